The number of H-pyrrole nitrogens is 1. The van der Waals surface area contributed by atoms with Gasteiger partial charge in [-0.05, 0) is 42.1 Å². The van der Waals surface area contributed by atoms with Gasteiger partial charge in [-0.3, -0.25) is 0 Å². The number of imidazole rings is 1. The highest BCUT2D eigenvalue weighted by molar-refractivity contribution is 7.71. The Hall–Kier alpha value is -0.800. The molecule has 0 amide bonds. The monoisotopic (exact) mass is 266 g/mol. The van der Waals surface area contributed by atoms with Crippen molar-refractivity contribution in [3.05, 3.63) is 28.0 Å². The summed E-state index contributed by atoms with van der Waals surface area (Å²) in [5.41, 5.74) is 2.53. The highest BCUT2D eigenvalue weighted by atomic mass is 35.5. The van der Waals surface area contributed by atoms with E-state index >= 15 is 0 Å². The van der Waals surface area contributed by atoms with Gasteiger partial charge in [0, 0.05) is 6.54 Å². The van der Waals surface area contributed by atoms with Crippen molar-refractivity contribution < 1.29 is 0 Å². The Labute approximate surface area is 111 Å². The normalized spacial score (nSPS) is 21.9. The maximum Gasteiger partial charge on any atom is 0.178 e. The van der Waals surface area contributed by atoms with Crippen molar-refractivity contribution in [1.29, 1.82) is 0 Å². The Morgan fingerprint density at radius 1 is 1.53 bits per heavy atom. The van der Waals surface area contributed by atoms with Gasteiger partial charge >= 0.3 is 0 Å². The summed E-state index contributed by atoms with van der Waals surface area (Å²) in [4.78, 5) is 3.22. The van der Waals surface area contributed by atoms with Crippen molar-refractivity contribution in [2.45, 2.75) is 26.8 Å². The molecule has 1 aromatic carbocycles. The van der Waals surface area contributed by atoms with Crippen LogP contribution in [0.1, 0.15) is 20.3 Å². The van der Waals surface area contributed by atoms with Crippen LogP contribution in [0.15, 0.2) is 18.2 Å². The molecule has 2 nitrogen and oxygen atoms in total. The summed E-state index contributed by atoms with van der Waals surface area (Å²) >= 11 is 11.6. The van der Waals surface area contributed by atoms with Crippen LogP contribution in [-0.2, 0) is 6.54 Å². The van der Waals surface area contributed by atoms with Crippen LogP contribution in [0.25, 0.3) is 11.0 Å². The van der Waals surface area contributed by atoms with Gasteiger partial charge in [0.15, 0.2) is 4.77 Å². The smallest absolute Gasteiger partial charge is 0.178 e. The first-order valence-electron chi connectivity index (χ1n) is 5.86. The fourth-order valence-electron chi connectivity index (χ4n) is 2.46. The van der Waals surface area contributed by atoms with Crippen LogP contribution in [0.5, 0.6) is 0 Å². The first-order valence-corrected chi connectivity index (χ1v) is 6.65. The second kappa shape index (κ2) is 3.59. The van der Waals surface area contributed by atoms with E-state index in [9.17, 15) is 0 Å². The average Bonchev–Trinajstić information content (AvgIpc) is 2.69. The summed E-state index contributed by atoms with van der Waals surface area (Å²) in [6.45, 7) is 5.57. The maximum atomic E-state index is 6.26. The Morgan fingerprint density at radius 3 is 2.88 bits per heavy atom. The van der Waals surface area contributed by atoms with Gasteiger partial charge in [-0.2, -0.15) is 0 Å². The van der Waals surface area contributed by atoms with Crippen molar-refractivity contribution >= 4 is 34.9 Å². The fraction of sp³-hybridized carbons (Fsp3) is 0.462. The summed E-state index contributed by atoms with van der Waals surface area (Å²) < 4.78 is 2.92. The fourth-order valence-corrected chi connectivity index (χ4v) is 3.01. The molecule has 0 spiro atoms. The van der Waals surface area contributed by atoms with Crippen LogP contribution >= 0.6 is 23.8 Å². The zero-order valence-corrected chi connectivity index (χ0v) is 11.5. The SMILES string of the molecule is CC1(C)CC1Cn1c(=S)[nH]c2cccc(Cl)c21. The number of nitrogens with one attached hydrogen (secondary N) is 1. The molecule has 90 valence electrons. The summed E-state index contributed by atoms with van der Waals surface area (Å²) in [6.07, 6.45) is 1.27. The minimum absolute atomic E-state index is 0.458. The predicted molar refractivity (Wildman–Crippen MR) is 74.0 cm³/mol. The van der Waals surface area contributed by atoms with Gasteiger partial charge in [-0.1, -0.05) is 31.5 Å². The van der Waals surface area contributed by atoms with Gasteiger partial charge < -0.3 is 9.55 Å². The predicted octanol–water partition coefficient (Wildman–Crippen LogP) is 4.40. The van der Waals surface area contributed by atoms with Crippen LogP contribution < -0.4 is 0 Å². The van der Waals surface area contributed by atoms with Crippen molar-refractivity contribution in [3.63, 3.8) is 0 Å². The van der Waals surface area contributed by atoms with Crippen molar-refractivity contribution in [2.75, 3.05) is 0 Å². The molecule has 1 aliphatic carbocycles. The molecule has 0 saturated heterocycles. The number of para-hydroxylation sites is 1. The van der Waals surface area contributed by atoms with Gasteiger partial charge in [0.2, 0.25) is 0 Å². The molecule has 1 saturated carbocycles. The molecule has 2 aromatic rings. The summed E-state index contributed by atoms with van der Waals surface area (Å²) in [5, 5.41) is 0.772. The number of fused-ring (bicyclic) bond motifs is 1. The highest BCUT2D eigenvalue weighted by Crippen LogP contribution is 2.52. The molecule has 1 unspecified atom stereocenters. The third-order valence-electron chi connectivity index (χ3n) is 3.86. The van der Waals surface area contributed by atoms with E-state index in [2.05, 4.69) is 23.4 Å². The standard InChI is InChI=1S/C13H15ClN2S/c1-13(2)6-8(13)7-16-11-9(14)4-3-5-10(11)15-12(16)17/h3-5,8H,6-7H2,1-2H3,(H,15,17). The van der Waals surface area contributed by atoms with Crippen LogP contribution in [-0.4, -0.2) is 9.55 Å². The lowest BCUT2D eigenvalue weighted by molar-refractivity contribution is 0.502. The number of aromatic nitrogens is 2. The number of benzene rings is 1. The van der Waals surface area contributed by atoms with Crippen molar-refractivity contribution in [1.82, 2.24) is 9.55 Å². The third-order valence-corrected chi connectivity index (χ3v) is 4.49. The first kappa shape index (κ1) is 11.3. The van der Waals surface area contributed by atoms with Gasteiger partial charge in [-0.15, -0.1) is 0 Å². The molecule has 4 heteroatoms. The van der Waals surface area contributed by atoms with E-state index in [4.69, 9.17) is 23.8 Å². The topological polar surface area (TPSA) is 20.7 Å². The molecule has 17 heavy (non-hydrogen) atoms. The van der Waals surface area contributed by atoms with Crippen LogP contribution in [0.4, 0.5) is 0 Å². The van der Waals surface area contributed by atoms with Gasteiger partial charge in [-0.25, -0.2) is 0 Å². The van der Waals surface area contributed by atoms with Crippen LogP contribution in [0, 0.1) is 16.1 Å². The van der Waals surface area contributed by atoms with Gasteiger partial charge in [0.05, 0.1) is 16.1 Å². The molecule has 1 heterocycles. The number of nitrogens with zero attached hydrogens (tertiary/aromatic N) is 1. The number of halogens is 1. The van der Waals surface area contributed by atoms with E-state index in [1.165, 1.54) is 6.42 Å². The Kier molecular flexibility index (Phi) is 2.39. The van der Waals surface area contributed by atoms with E-state index in [0.717, 1.165) is 27.4 Å². The number of hydrogen-bond donors (Lipinski definition) is 1. The molecule has 1 atom stereocenters. The minimum Gasteiger partial charge on any atom is -0.331 e. The molecule has 3 rings (SSSR count). The number of rotatable bonds is 2. The molecule has 1 aliphatic rings. The molecule has 1 N–H and O–H groups in total. The Balaban J connectivity index is 2.10. The summed E-state index contributed by atoms with van der Waals surface area (Å²) in [5.74, 6) is 0.712. The zero-order valence-electron chi connectivity index (χ0n) is 9.96. The molecule has 1 fully saturated rings. The molecule has 0 aliphatic heterocycles. The van der Waals surface area contributed by atoms with Crippen molar-refractivity contribution in [3.8, 4) is 0 Å². The number of aromatic amines is 1. The lowest BCUT2D eigenvalue weighted by atomic mass is 10.1. The molecule has 0 bridgehead atoms. The van der Waals surface area contributed by atoms with E-state index in [1.54, 1.807) is 0 Å². The average molecular weight is 267 g/mol. The third kappa shape index (κ3) is 1.81. The highest BCUT2D eigenvalue weighted by Gasteiger charge is 2.45. The lowest BCUT2D eigenvalue weighted by Gasteiger charge is -2.07. The first-order chi connectivity index (χ1) is 7.99. The van der Waals surface area contributed by atoms with E-state index in [1.807, 2.05) is 18.2 Å². The van der Waals surface area contributed by atoms with Crippen LogP contribution in [0.3, 0.4) is 0 Å². The quantitative estimate of drug-likeness (QED) is 0.799. The van der Waals surface area contributed by atoms with E-state index in [0.29, 0.717) is 11.3 Å². The zero-order chi connectivity index (χ0) is 12.2. The largest absolute Gasteiger partial charge is 0.331 e. The van der Waals surface area contributed by atoms with E-state index < -0.39 is 0 Å². The molecular formula is C13H15ClN2S. The molecule has 1 aromatic heterocycles. The van der Waals surface area contributed by atoms with E-state index in [-0.39, 0.29) is 0 Å². The molecular weight excluding hydrogens is 252 g/mol. The lowest BCUT2D eigenvalue weighted by Crippen LogP contribution is -2.04. The number of hydrogen-bond acceptors (Lipinski definition) is 1. The Bertz CT molecular complexity index is 638. The van der Waals surface area contributed by atoms with Crippen LogP contribution in [0.2, 0.25) is 5.02 Å². The Morgan fingerprint density at radius 2 is 2.24 bits per heavy atom. The maximum absolute atomic E-state index is 6.26. The summed E-state index contributed by atoms with van der Waals surface area (Å²) in [6, 6.07) is 5.88. The second-order valence-electron chi connectivity index (χ2n) is 5.57. The molecule has 0 radical (unpaired) electrons. The van der Waals surface area contributed by atoms with Crippen molar-refractivity contribution in [2.24, 2.45) is 11.3 Å². The minimum atomic E-state index is 0.458. The van der Waals surface area contributed by atoms with Gasteiger partial charge in [0.1, 0.15) is 0 Å². The second-order valence-corrected chi connectivity index (χ2v) is 6.36. The summed E-state index contributed by atoms with van der Waals surface area (Å²) in [7, 11) is 0. The van der Waals surface area contributed by atoms with Gasteiger partial charge in [0.25, 0.3) is 0 Å².